The summed E-state index contributed by atoms with van der Waals surface area (Å²) in [4.78, 5) is 18.2. The molecule has 0 radical (unpaired) electrons. The van der Waals surface area contributed by atoms with Crippen molar-refractivity contribution < 1.29 is 9.53 Å². The van der Waals surface area contributed by atoms with Gasteiger partial charge in [-0.25, -0.2) is 4.79 Å². The molecule has 1 fully saturated rings. The highest BCUT2D eigenvalue weighted by atomic mass is 35.5. The molecule has 1 atom stereocenters. The van der Waals surface area contributed by atoms with Gasteiger partial charge in [0, 0.05) is 50.0 Å². The van der Waals surface area contributed by atoms with E-state index >= 15 is 0 Å². The summed E-state index contributed by atoms with van der Waals surface area (Å²) in [5.74, 6) is 0.721. The van der Waals surface area contributed by atoms with E-state index in [4.69, 9.17) is 16.3 Å². The lowest BCUT2D eigenvalue weighted by atomic mass is 10.2. The van der Waals surface area contributed by atoms with Gasteiger partial charge in [0.2, 0.25) is 0 Å². The quantitative estimate of drug-likeness (QED) is 0.406. The third-order valence-electron chi connectivity index (χ3n) is 4.01. The molecule has 2 rings (SSSR count). The van der Waals surface area contributed by atoms with E-state index in [1.54, 1.807) is 7.05 Å². The number of carbonyl (C=O) groups excluding carboxylic acids is 1. The Morgan fingerprint density at radius 1 is 1.33 bits per heavy atom. The fourth-order valence-electron chi connectivity index (χ4n) is 2.83. The van der Waals surface area contributed by atoms with Crippen LogP contribution in [0.5, 0.6) is 0 Å². The van der Waals surface area contributed by atoms with Crippen molar-refractivity contribution in [3.8, 4) is 0 Å². The molecule has 1 heterocycles. The van der Waals surface area contributed by atoms with Gasteiger partial charge in [-0.15, -0.1) is 0 Å². The predicted molar refractivity (Wildman–Crippen MR) is 111 cm³/mol. The molecular formula is C19H30ClN5O2. The van der Waals surface area contributed by atoms with E-state index in [1.165, 1.54) is 0 Å². The van der Waals surface area contributed by atoms with Crippen molar-refractivity contribution in [2.24, 2.45) is 4.99 Å². The van der Waals surface area contributed by atoms with Crippen molar-refractivity contribution in [1.29, 1.82) is 0 Å². The molecule has 0 aromatic heterocycles. The van der Waals surface area contributed by atoms with Gasteiger partial charge in [-0.3, -0.25) is 4.99 Å². The minimum atomic E-state index is -0.494. The number of halogens is 1. The molecule has 3 N–H and O–H groups in total. The molecule has 0 spiro atoms. The minimum absolute atomic E-state index is 0.300. The zero-order valence-electron chi connectivity index (χ0n) is 16.5. The van der Waals surface area contributed by atoms with Crippen molar-refractivity contribution in [3.05, 3.63) is 29.3 Å². The number of anilines is 1. The summed E-state index contributed by atoms with van der Waals surface area (Å²) in [6.07, 6.45) is 0.601. The zero-order valence-corrected chi connectivity index (χ0v) is 17.3. The van der Waals surface area contributed by atoms with Crippen molar-refractivity contribution in [3.63, 3.8) is 0 Å². The van der Waals surface area contributed by atoms with Crippen LogP contribution < -0.4 is 20.9 Å². The topological polar surface area (TPSA) is 78.0 Å². The molecule has 1 aromatic rings. The Hall–Kier alpha value is -2.15. The van der Waals surface area contributed by atoms with Crippen molar-refractivity contribution in [1.82, 2.24) is 16.0 Å². The largest absolute Gasteiger partial charge is 0.444 e. The fourth-order valence-corrected chi connectivity index (χ4v) is 3.02. The van der Waals surface area contributed by atoms with Crippen LogP contribution in [0, 0.1) is 0 Å². The first kappa shape index (κ1) is 21.2. The molecular weight excluding hydrogens is 366 g/mol. The summed E-state index contributed by atoms with van der Waals surface area (Å²) in [6, 6.07) is 8.21. The summed E-state index contributed by atoms with van der Waals surface area (Å²) in [5, 5.41) is 10.1. The standard InChI is InChI=1S/C19H30ClN5O2/c1-19(2,3)27-18(26)23-10-9-22-17(21-4)24-15-8-11-25(13-15)16-7-5-6-14(20)12-16/h5-7,12,15H,8-11,13H2,1-4H3,(H,23,26)(H2,21,22,24). The number of benzene rings is 1. The van der Waals surface area contributed by atoms with E-state index in [2.05, 4.69) is 31.9 Å². The zero-order chi connectivity index (χ0) is 19.9. The van der Waals surface area contributed by atoms with Gasteiger partial charge in [-0.2, -0.15) is 0 Å². The van der Waals surface area contributed by atoms with Gasteiger partial charge in [0.25, 0.3) is 0 Å². The van der Waals surface area contributed by atoms with Crippen molar-refractivity contribution in [2.45, 2.75) is 38.8 Å². The van der Waals surface area contributed by atoms with E-state index in [1.807, 2.05) is 39.0 Å². The summed E-state index contributed by atoms with van der Waals surface area (Å²) in [5.41, 5.74) is 0.642. The molecule has 1 aliphatic rings. The van der Waals surface area contributed by atoms with Gasteiger partial charge in [0.1, 0.15) is 5.60 Å². The van der Waals surface area contributed by atoms with Gasteiger partial charge in [0.15, 0.2) is 5.96 Å². The van der Waals surface area contributed by atoms with Crippen LogP contribution in [0.25, 0.3) is 0 Å². The van der Waals surface area contributed by atoms with Crippen LogP contribution in [0.1, 0.15) is 27.2 Å². The third kappa shape index (κ3) is 7.54. The molecule has 1 aliphatic heterocycles. The Kier molecular flexibility index (Phi) is 7.59. The number of amides is 1. The van der Waals surface area contributed by atoms with Gasteiger partial charge in [0.05, 0.1) is 0 Å². The lowest BCUT2D eigenvalue weighted by Crippen LogP contribution is -2.46. The van der Waals surface area contributed by atoms with Crippen LogP contribution in [0.15, 0.2) is 29.3 Å². The summed E-state index contributed by atoms with van der Waals surface area (Å²) in [6.45, 7) is 8.38. The highest BCUT2D eigenvalue weighted by Gasteiger charge is 2.23. The maximum Gasteiger partial charge on any atom is 0.407 e. The first-order chi connectivity index (χ1) is 12.8. The summed E-state index contributed by atoms with van der Waals surface area (Å²) >= 11 is 6.08. The first-order valence-corrected chi connectivity index (χ1v) is 9.59. The van der Waals surface area contributed by atoms with Crippen molar-refractivity contribution in [2.75, 3.05) is 38.1 Å². The predicted octanol–water partition coefficient (Wildman–Crippen LogP) is 2.61. The number of aliphatic imine (C=N–C) groups is 1. The van der Waals surface area contributed by atoms with E-state index in [0.29, 0.717) is 19.1 Å². The summed E-state index contributed by atoms with van der Waals surface area (Å²) < 4.78 is 5.20. The highest BCUT2D eigenvalue weighted by molar-refractivity contribution is 6.30. The number of nitrogens with one attached hydrogen (secondary N) is 3. The van der Waals surface area contributed by atoms with Crippen LogP contribution >= 0.6 is 11.6 Å². The van der Waals surface area contributed by atoms with Crippen LogP contribution in [0.3, 0.4) is 0 Å². The minimum Gasteiger partial charge on any atom is -0.444 e. The molecule has 7 nitrogen and oxygen atoms in total. The third-order valence-corrected chi connectivity index (χ3v) is 4.25. The Balaban J connectivity index is 1.71. The van der Waals surface area contributed by atoms with Gasteiger partial charge in [-0.05, 0) is 45.4 Å². The van der Waals surface area contributed by atoms with Crippen molar-refractivity contribution >= 4 is 29.3 Å². The second-order valence-corrected chi connectivity index (χ2v) is 7.92. The van der Waals surface area contributed by atoms with E-state index in [9.17, 15) is 4.79 Å². The van der Waals surface area contributed by atoms with Crippen LogP contribution in [0.2, 0.25) is 5.02 Å². The molecule has 0 bridgehead atoms. The SMILES string of the molecule is CN=C(NCCNC(=O)OC(C)(C)C)NC1CCN(c2cccc(Cl)c2)C1. The molecule has 0 saturated carbocycles. The van der Waals surface area contributed by atoms with Gasteiger partial charge in [-0.1, -0.05) is 17.7 Å². The average molecular weight is 396 g/mol. The average Bonchev–Trinajstić information content (AvgIpc) is 3.04. The van der Waals surface area contributed by atoms with Gasteiger partial charge >= 0.3 is 6.09 Å². The molecule has 1 aromatic carbocycles. The molecule has 27 heavy (non-hydrogen) atoms. The number of carbonyl (C=O) groups is 1. The first-order valence-electron chi connectivity index (χ1n) is 9.21. The molecule has 1 unspecified atom stereocenters. The lowest BCUT2D eigenvalue weighted by molar-refractivity contribution is 0.0529. The number of ether oxygens (including phenoxy) is 1. The molecule has 150 valence electrons. The number of nitrogens with zero attached hydrogens (tertiary/aromatic N) is 2. The van der Waals surface area contributed by atoms with Gasteiger partial charge < -0.3 is 25.6 Å². The number of hydrogen-bond donors (Lipinski definition) is 3. The van der Waals surface area contributed by atoms with E-state index in [0.717, 1.165) is 36.2 Å². The maximum absolute atomic E-state index is 11.6. The molecule has 1 saturated heterocycles. The maximum atomic E-state index is 11.6. The van der Waals surface area contributed by atoms with Crippen LogP contribution in [-0.2, 0) is 4.74 Å². The fraction of sp³-hybridized carbons (Fsp3) is 0.579. The second kappa shape index (κ2) is 9.69. The van der Waals surface area contributed by atoms with Crippen LogP contribution in [0.4, 0.5) is 10.5 Å². The molecule has 0 aliphatic carbocycles. The second-order valence-electron chi connectivity index (χ2n) is 7.48. The number of rotatable bonds is 5. The smallest absolute Gasteiger partial charge is 0.407 e. The summed E-state index contributed by atoms with van der Waals surface area (Å²) in [7, 11) is 1.74. The molecule has 1 amide bonds. The lowest BCUT2D eigenvalue weighted by Gasteiger charge is -2.21. The molecule has 8 heteroatoms. The van der Waals surface area contributed by atoms with E-state index in [-0.39, 0.29) is 0 Å². The monoisotopic (exact) mass is 395 g/mol. The normalized spacial score (nSPS) is 17.6. The number of alkyl carbamates (subject to hydrolysis) is 1. The Labute approximate surface area is 166 Å². The number of guanidine groups is 1. The van der Waals surface area contributed by atoms with E-state index < -0.39 is 11.7 Å². The Morgan fingerprint density at radius 3 is 2.74 bits per heavy atom. The van der Waals surface area contributed by atoms with Crippen LogP contribution in [-0.4, -0.2) is 56.9 Å². The Morgan fingerprint density at radius 2 is 2.07 bits per heavy atom. The number of hydrogen-bond acceptors (Lipinski definition) is 4. The highest BCUT2D eigenvalue weighted by Crippen LogP contribution is 2.23. The Bertz CT molecular complexity index is 660.